The summed E-state index contributed by atoms with van der Waals surface area (Å²) in [4.78, 5) is 13.5. The van der Waals surface area contributed by atoms with Gasteiger partial charge in [0.2, 0.25) is 0 Å². The standard InChI is InChI=1S/C26H21NO2S/c1-17-8-10-19(11-9-17)26(23-7-4-14-30-23)27-16-20-15-24(28)29-22-13-12-18-5-2-3-6-21(18)25(20)22/h2-15,26-27H,16H2,1H3/t26-/m0/s1. The highest BCUT2D eigenvalue weighted by atomic mass is 32.1. The number of nitrogens with one attached hydrogen (secondary N) is 1. The van der Waals surface area contributed by atoms with Crippen LogP contribution >= 0.6 is 11.3 Å². The summed E-state index contributed by atoms with van der Waals surface area (Å²) in [7, 11) is 0. The van der Waals surface area contributed by atoms with Crippen LogP contribution in [-0.2, 0) is 6.54 Å². The predicted molar refractivity (Wildman–Crippen MR) is 124 cm³/mol. The molecule has 0 spiro atoms. The van der Waals surface area contributed by atoms with Gasteiger partial charge in [0.05, 0.1) is 6.04 Å². The number of fused-ring (bicyclic) bond motifs is 3. The maximum absolute atomic E-state index is 12.2. The minimum Gasteiger partial charge on any atom is -0.423 e. The summed E-state index contributed by atoms with van der Waals surface area (Å²) in [6.45, 7) is 2.66. The Morgan fingerprint density at radius 2 is 1.80 bits per heavy atom. The maximum Gasteiger partial charge on any atom is 0.336 e. The molecular weight excluding hydrogens is 390 g/mol. The number of hydrogen-bond donors (Lipinski definition) is 1. The molecule has 5 aromatic rings. The third-order valence-electron chi connectivity index (χ3n) is 5.45. The molecule has 0 saturated carbocycles. The van der Waals surface area contributed by atoms with Gasteiger partial charge in [-0.3, -0.25) is 0 Å². The summed E-state index contributed by atoms with van der Waals surface area (Å²) < 4.78 is 5.51. The highest BCUT2D eigenvalue weighted by Gasteiger charge is 2.16. The third kappa shape index (κ3) is 3.56. The molecular formula is C26H21NO2S. The Bertz CT molecular complexity index is 1370. The molecule has 2 heterocycles. The lowest BCUT2D eigenvalue weighted by Crippen LogP contribution is -2.22. The Balaban J connectivity index is 1.58. The average Bonchev–Trinajstić information content (AvgIpc) is 3.29. The number of rotatable bonds is 5. The fraction of sp³-hybridized carbons (Fsp3) is 0.115. The van der Waals surface area contributed by atoms with Gasteiger partial charge in [-0.15, -0.1) is 11.3 Å². The zero-order chi connectivity index (χ0) is 20.5. The molecule has 2 aromatic heterocycles. The lowest BCUT2D eigenvalue weighted by Gasteiger charge is -2.19. The fourth-order valence-corrected chi connectivity index (χ4v) is 4.80. The average molecular weight is 412 g/mol. The van der Waals surface area contributed by atoms with Gasteiger partial charge in [-0.1, -0.05) is 66.2 Å². The zero-order valence-corrected chi connectivity index (χ0v) is 17.4. The maximum atomic E-state index is 12.2. The lowest BCUT2D eigenvalue weighted by atomic mass is 10.0. The number of aryl methyl sites for hydroxylation is 1. The Labute approximate surface area is 178 Å². The second-order valence-electron chi connectivity index (χ2n) is 7.49. The van der Waals surface area contributed by atoms with E-state index >= 15 is 0 Å². The van der Waals surface area contributed by atoms with E-state index in [2.05, 4.69) is 66.2 Å². The van der Waals surface area contributed by atoms with E-state index in [0.29, 0.717) is 12.1 Å². The van der Waals surface area contributed by atoms with Crippen molar-refractivity contribution in [1.82, 2.24) is 5.32 Å². The fourth-order valence-electron chi connectivity index (χ4n) is 3.97. The van der Waals surface area contributed by atoms with Gasteiger partial charge >= 0.3 is 5.63 Å². The van der Waals surface area contributed by atoms with Crippen LogP contribution in [0.25, 0.3) is 21.7 Å². The van der Waals surface area contributed by atoms with E-state index in [9.17, 15) is 4.79 Å². The normalized spacial score (nSPS) is 12.4. The summed E-state index contributed by atoms with van der Waals surface area (Å²) >= 11 is 1.73. The molecule has 0 fully saturated rings. The molecule has 3 nitrogen and oxygen atoms in total. The van der Waals surface area contributed by atoms with Gasteiger partial charge in [0.25, 0.3) is 0 Å². The molecule has 30 heavy (non-hydrogen) atoms. The summed E-state index contributed by atoms with van der Waals surface area (Å²) in [5.41, 5.74) is 3.70. The second kappa shape index (κ2) is 7.90. The first-order valence-corrected chi connectivity index (χ1v) is 10.8. The Morgan fingerprint density at radius 3 is 2.60 bits per heavy atom. The van der Waals surface area contributed by atoms with E-state index in [-0.39, 0.29) is 11.7 Å². The topological polar surface area (TPSA) is 42.2 Å². The van der Waals surface area contributed by atoms with E-state index in [0.717, 1.165) is 21.7 Å². The van der Waals surface area contributed by atoms with E-state index in [4.69, 9.17) is 4.42 Å². The molecule has 0 radical (unpaired) electrons. The quantitative estimate of drug-likeness (QED) is 0.277. The van der Waals surface area contributed by atoms with E-state index in [1.165, 1.54) is 16.0 Å². The first-order valence-electron chi connectivity index (χ1n) is 9.97. The molecule has 0 amide bonds. The summed E-state index contributed by atoms with van der Waals surface area (Å²) in [6, 6.07) is 26.6. The zero-order valence-electron chi connectivity index (χ0n) is 16.6. The van der Waals surface area contributed by atoms with Crippen molar-refractivity contribution in [3.8, 4) is 0 Å². The Kier molecular flexibility index (Phi) is 4.95. The van der Waals surface area contributed by atoms with Crippen LogP contribution in [0, 0.1) is 6.92 Å². The van der Waals surface area contributed by atoms with Crippen LogP contribution in [0.2, 0.25) is 0 Å². The summed E-state index contributed by atoms with van der Waals surface area (Å²) in [5, 5.41) is 9.01. The van der Waals surface area contributed by atoms with Crippen molar-refractivity contribution in [3.63, 3.8) is 0 Å². The first kappa shape index (κ1) is 18.8. The number of thiophene rings is 1. The van der Waals surface area contributed by atoms with Crippen LogP contribution in [0.1, 0.15) is 27.6 Å². The van der Waals surface area contributed by atoms with Gasteiger partial charge in [0.1, 0.15) is 5.58 Å². The second-order valence-corrected chi connectivity index (χ2v) is 8.47. The molecule has 5 rings (SSSR count). The molecule has 3 aromatic carbocycles. The molecule has 4 heteroatoms. The van der Waals surface area contributed by atoms with Crippen LogP contribution in [0.4, 0.5) is 0 Å². The van der Waals surface area contributed by atoms with Gasteiger partial charge in [-0.2, -0.15) is 0 Å². The molecule has 0 bridgehead atoms. The third-order valence-corrected chi connectivity index (χ3v) is 6.39. The highest BCUT2D eigenvalue weighted by Crippen LogP contribution is 2.30. The predicted octanol–water partition coefficient (Wildman–Crippen LogP) is 6.20. The molecule has 1 N–H and O–H groups in total. The van der Waals surface area contributed by atoms with E-state index in [1.807, 2.05) is 24.3 Å². The van der Waals surface area contributed by atoms with Gasteiger partial charge in [-0.25, -0.2) is 4.79 Å². The van der Waals surface area contributed by atoms with Gasteiger partial charge in [0, 0.05) is 22.9 Å². The summed E-state index contributed by atoms with van der Waals surface area (Å²) in [5.74, 6) is 0. The monoisotopic (exact) mass is 411 g/mol. The number of hydrogen-bond acceptors (Lipinski definition) is 4. The smallest absolute Gasteiger partial charge is 0.336 e. The van der Waals surface area contributed by atoms with Crippen molar-refractivity contribution in [2.24, 2.45) is 0 Å². The minimum absolute atomic E-state index is 0.0582. The molecule has 148 valence electrons. The van der Waals surface area contributed by atoms with Crippen molar-refractivity contribution in [1.29, 1.82) is 0 Å². The van der Waals surface area contributed by atoms with E-state index in [1.54, 1.807) is 17.4 Å². The molecule has 0 aliphatic carbocycles. The molecule has 0 aliphatic heterocycles. The van der Waals surface area contributed by atoms with Crippen LogP contribution in [0.5, 0.6) is 0 Å². The Hall–Kier alpha value is -3.21. The van der Waals surface area contributed by atoms with Gasteiger partial charge < -0.3 is 9.73 Å². The lowest BCUT2D eigenvalue weighted by molar-refractivity contribution is 0.554. The SMILES string of the molecule is Cc1ccc([C@H](NCc2cc(=O)oc3ccc4ccccc4c23)c2cccs2)cc1. The van der Waals surface area contributed by atoms with Crippen LogP contribution in [-0.4, -0.2) is 0 Å². The highest BCUT2D eigenvalue weighted by molar-refractivity contribution is 7.10. The summed E-state index contributed by atoms with van der Waals surface area (Å²) in [6.07, 6.45) is 0. The van der Waals surface area contributed by atoms with Crippen LogP contribution < -0.4 is 10.9 Å². The Morgan fingerprint density at radius 1 is 0.967 bits per heavy atom. The number of benzene rings is 3. The van der Waals surface area contributed by atoms with Crippen LogP contribution in [0.3, 0.4) is 0 Å². The van der Waals surface area contributed by atoms with Crippen molar-refractivity contribution >= 4 is 33.1 Å². The molecule has 0 saturated heterocycles. The largest absolute Gasteiger partial charge is 0.423 e. The van der Waals surface area contributed by atoms with E-state index < -0.39 is 0 Å². The molecule has 0 unspecified atom stereocenters. The van der Waals surface area contributed by atoms with Crippen molar-refractivity contribution < 1.29 is 4.42 Å². The minimum atomic E-state index is -0.322. The molecule has 0 aliphatic rings. The van der Waals surface area contributed by atoms with Crippen LogP contribution in [0.15, 0.2) is 93.5 Å². The van der Waals surface area contributed by atoms with Crippen molar-refractivity contribution in [3.05, 3.63) is 116 Å². The van der Waals surface area contributed by atoms with Crippen molar-refractivity contribution in [2.75, 3.05) is 0 Å². The van der Waals surface area contributed by atoms with Gasteiger partial charge in [0.15, 0.2) is 0 Å². The van der Waals surface area contributed by atoms with Gasteiger partial charge in [-0.05, 0) is 46.3 Å². The first-order chi connectivity index (χ1) is 14.7. The van der Waals surface area contributed by atoms with Crippen molar-refractivity contribution in [2.45, 2.75) is 19.5 Å². The molecule has 1 atom stereocenters.